The van der Waals surface area contributed by atoms with Gasteiger partial charge in [0.1, 0.15) is 17.1 Å². The lowest BCUT2D eigenvalue weighted by atomic mass is 10.2. The van der Waals surface area contributed by atoms with Crippen LogP contribution in [-0.4, -0.2) is 11.1 Å². The Kier molecular flexibility index (Phi) is 4.12. The van der Waals surface area contributed by atoms with Crippen LogP contribution in [0, 0.1) is 6.92 Å². The van der Waals surface area contributed by atoms with Crippen molar-refractivity contribution in [1.29, 1.82) is 0 Å². The van der Waals surface area contributed by atoms with Crippen LogP contribution in [0.25, 0.3) is 0 Å². The first kappa shape index (κ1) is 13.9. The molecule has 19 heavy (non-hydrogen) atoms. The summed E-state index contributed by atoms with van der Waals surface area (Å²) in [6.07, 6.45) is 0. The highest BCUT2D eigenvalue weighted by Crippen LogP contribution is 2.33. The summed E-state index contributed by atoms with van der Waals surface area (Å²) in [5.74, 6) is -0.366. The van der Waals surface area contributed by atoms with Crippen LogP contribution in [0.5, 0.6) is 11.5 Å². The van der Waals surface area contributed by atoms with Crippen LogP contribution >= 0.6 is 27.5 Å². The first-order valence-corrected chi connectivity index (χ1v) is 6.61. The van der Waals surface area contributed by atoms with E-state index in [2.05, 4.69) is 15.9 Å². The number of rotatable bonds is 3. The second kappa shape index (κ2) is 5.63. The number of hydrogen-bond donors (Lipinski definition) is 1. The van der Waals surface area contributed by atoms with Gasteiger partial charge in [0.05, 0.1) is 5.02 Å². The van der Waals surface area contributed by atoms with E-state index >= 15 is 0 Å². The Morgan fingerprint density at radius 2 is 1.95 bits per heavy atom. The molecule has 0 unspecified atom stereocenters. The van der Waals surface area contributed by atoms with Crippen LogP contribution in [0.15, 0.2) is 40.9 Å². The second-order valence-electron chi connectivity index (χ2n) is 3.98. The molecule has 2 rings (SSSR count). The van der Waals surface area contributed by atoms with Crippen LogP contribution in [0.3, 0.4) is 0 Å². The average molecular weight is 342 g/mol. The maximum absolute atomic E-state index is 11.2. The SMILES string of the molecule is Cc1ccc(Cl)c(Oc2ccc(Br)cc2C(=O)O)c1. The monoisotopic (exact) mass is 340 g/mol. The molecule has 0 aliphatic heterocycles. The highest BCUT2D eigenvalue weighted by Gasteiger charge is 2.14. The van der Waals surface area contributed by atoms with Gasteiger partial charge in [0.2, 0.25) is 0 Å². The number of benzene rings is 2. The largest absolute Gasteiger partial charge is 0.478 e. The summed E-state index contributed by atoms with van der Waals surface area (Å²) in [4.78, 5) is 11.2. The predicted molar refractivity (Wildman–Crippen MR) is 77.4 cm³/mol. The highest BCUT2D eigenvalue weighted by atomic mass is 79.9. The first-order chi connectivity index (χ1) is 8.97. The van der Waals surface area contributed by atoms with E-state index in [1.807, 2.05) is 13.0 Å². The number of aryl methyl sites for hydroxylation is 1. The molecule has 0 saturated heterocycles. The quantitative estimate of drug-likeness (QED) is 0.863. The van der Waals surface area contributed by atoms with Crippen LogP contribution in [-0.2, 0) is 0 Å². The Morgan fingerprint density at radius 1 is 1.21 bits per heavy atom. The summed E-state index contributed by atoms with van der Waals surface area (Å²) < 4.78 is 6.28. The molecule has 0 aromatic heterocycles. The number of halogens is 2. The Hall–Kier alpha value is -1.52. The lowest BCUT2D eigenvalue weighted by Crippen LogP contribution is -2.00. The molecular weight excluding hydrogens is 332 g/mol. The lowest BCUT2D eigenvalue weighted by molar-refractivity contribution is 0.0694. The lowest BCUT2D eigenvalue weighted by Gasteiger charge is -2.11. The van der Waals surface area contributed by atoms with Crippen molar-refractivity contribution in [3.05, 3.63) is 57.0 Å². The van der Waals surface area contributed by atoms with Crippen molar-refractivity contribution in [2.75, 3.05) is 0 Å². The molecular formula is C14H10BrClO3. The van der Waals surface area contributed by atoms with E-state index in [-0.39, 0.29) is 11.3 Å². The molecule has 0 aliphatic rings. The van der Waals surface area contributed by atoms with Crippen LogP contribution in [0.1, 0.15) is 15.9 Å². The van der Waals surface area contributed by atoms with Crippen LogP contribution in [0.2, 0.25) is 5.02 Å². The van der Waals surface area contributed by atoms with Crippen LogP contribution < -0.4 is 4.74 Å². The van der Waals surface area contributed by atoms with Gasteiger partial charge in [-0.25, -0.2) is 4.79 Å². The molecule has 0 radical (unpaired) electrons. The van der Waals surface area contributed by atoms with Crippen molar-refractivity contribution >= 4 is 33.5 Å². The molecule has 0 fully saturated rings. The van der Waals surface area contributed by atoms with Gasteiger partial charge >= 0.3 is 5.97 Å². The van der Waals surface area contributed by atoms with Crippen molar-refractivity contribution in [1.82, 2.24) is 0 Å². The van der Waals surface area contributed by atoms with Gasteiger partial charge in [-0.15, -0.1) is 0 Å². The second-order valence-corrected chi connectivity index (χ2v) is 5.30. The topological polar surface area (TPSA) is 46.5 Å². The predicted octanol–water partition coefficient (Wildman–Crippen LogP) is 4.90. The van der Waals surface area contributed by atoms with Crippen molar-refractivity contribution in [3.8, 4) is 11.5 Å². The minimum atomic E-state index is -1.06. The summed E-state index contributed by atoms with van der Waals surface area (Å²) in [6, 6.07) is 10.1. The van der Waals surface area contributed by atoms with E-state index in [0.29, 0.717) is 15.2 Å². The number of carbonyl (C=O) groups is 1. The molecule has 1 N–H and O–H groups in total. The third-order valence-corrected chi connectivity index (χ3v) is 3.28. The fourth-order valence-electron chi connectivity index (χ4n) is 1.57. The van der Waals surface area contributed by atoms with E-state index in [1.54, 1.807) is 24.3 Å². The molecule has 2 aromatic carbocycles. The molecule has 0 bridgehead atoms. The summed E-state index contributed by atoms with van der Waals surface area (Å²) in [5.41, 5.74) is 1.06. The maximum atomic E-state index is 11.2. The number of hydrogen-bond acceptors (Lipinski definition) is 2. The fourth-order valence-corrected chi connectivity index (χ4v) is 2.08. The van der Waals surface area contributed by atoms with Crippen molar-refractivity contribution in [2.45, 2.75) is 6.92 Å². The van der Waals surface area contributed by atoms with Crippen molar-refractivity contribution in [2.24, 2.45) is 0 Å². The van der Waals surface area contributed by atoms with Gasteiger partial charge in [0.25, 0.3) is 0 Å². The average Bonchev–Trinajstić information content (AvgIpc) is 2.35. The van der Waals surface area contributed by atoms with Crippen molar-refractivity contribution in [3.63, 3.8) is 0 Å². The molecule has 0 heterocycles. The molecule has 3 nitrogen and oxygen atoms in total. The Morgan fingerprint density at radius 3 is 2.63 bits per heavy atom. The molecule has 0 saturated carbocycles. The van der Waals surface area contributed by atoms with Crippen molar-refractivity contribution < 1.29 is 14.6 Å². The summed E-state index contributed by atoms with van der Waals surface area (Å²) in [6.45, 7) is 1.91. The minimum absolute atomic E-state index is 0.0759. The van der Waals surface area contributed by atoms with E-state index < -0.39 is 5.97 Å². The third-order valence-electron chi connectivity index (χ3n) is 2.48. The molecule has 0 atom stereocenters. The van der Waals surface area contributed by atoms with Gasteiger partial charge in [0.15, 0.2) is 0 Å². The Bertz CT molecular complexity index is 641. The summed E-state index contributed by atoms with van der Waals surface area (Å²) in [7, 11) is 0. The third kappa shape index (κ3) is 3.28. The highest BCUT2D eigenvalue weighted by molar-refractivity contribution is 9.10. The summed E-state index contributed by atoms with van der Waals surface area (Å²) >= 11 is 9.26. The zero-order chi connectivity index (χ0) is 14.0. The van der Waals surface area contributed by atoms with Gasteiger partial charge in [-0.05, 0) is 42.8 Å². The minimum Gasteiger partial charge on any atom is -0.478 e. The van der Waals surface area contributed by atoms with Gasteiger partial charge in [-0.1, -0.05) is 33.6 Å². The van der Waals surface area contributed by atoms with Gasteiger partial charge in [-0.3, -0.25) is 0 Å². The Balaban J connectivity index is 2.43. The zero-order valence-corrected chi connectivity index (χ0v) is 12.3. The number of carboxylic acids is 1. The summed E-state index contributed by atoms with van der Waals surface area (Å²) in [5, 5.41) is 9.59. The Labute approximate surface area is 123 Å². The van der Waals surface area contributed by atoms with E-state index in [4.69, 9.17) is 21.4 Å². The zero-order valence-electron chi connectivity index (χ0n) is 9.98. The molecule has 0 aliphatic carbocycles. The molecule has 98 valence electrons. The molecule has 0 spiro atoms. The van der Waals surface area contributed by atoms with Gasteiger partial charge in [-0.2, -0.15) is 0 Å². The first-order valence-electron chi connectivity index (χ1n) is 5.44. The molecule has 5 heteroatoms. The normalized spacial score (nSPS) is 10.3. The number of aromatic carboxylic acids is 1. The fraction of sp³-hybridized carbons (Fsp3) is 0.0714. The number of ether oxygens (including phenoxy) is 1. The van der Waals surface area contributed by atoms with Gasteiger partial charge < -0.3 is 9.84 Å². The standard InChI is InChI=1S/C14H10BrClO3/c1-8-2-4-11(16)13(6-8)19-12-5-3-9(15)7-10(12)14(17)18/h2-7H,1H3,(H,17,18). The maximum Gasteiger partial charge on any atom is 0.339 e. The number of carboxylic acid groups (broad SMARTS) is 1. The van der Waals surface area contributed by atoms with E-state index in [1.165, 1.54) is 6.07 Å². The van der Waals surface area contributed by atoms with E-state index in [9.17, 15) is 4.79 Å². The molecule has 0 amide bonds. The van der Waals surface area contributed by atoms with E-state index in [0.717, 1.165) is 5.56 Å². The van der Waals surface area contributed by atoms with Gasteiger partial charge in [0, 0.05) is 4.47 Å². The molecule has 2 aromatic rings. The smallest absolute Gasteiger partial charge is 0.339 e. The van der Waals surface area contributed by atoms with Crippen LogP contribution in [0.4, 0.5) is 0 Å².